The number of imidazole rings is 1. The first-order valence-electron chi connectivity index (χ1n) is 5.73. The Labute approximate surface area is 114 Å². The van der Waals surface area contributed by atoms with Crippen molar-refractivity contribution in [1.29, 1.82) is 0 Å². The van der Waals surface area contributed by atoms with Gasteiger partial charge in [-0.05, 0) is 32.0 Å². The average Bonchev–Trinajstić information content (AvgIpc) is 2.74. The van der Waals surface area contributed by atoms with Gasteiger partial charge in [-0.15, -0.1) is 0 Å². The van der Waals surface area contributed by atoms with Crippen LogP contribution < -0.4 is 0 Å². The molecule has 0 aliphatic carbocycles. The van der Waals surface area contributed by atoms with Crippen molar-refractivity contribution in [2.45, 2.75) is 13.8 Å². The van der Waals surface area contributed by atoms with Crippen molar-refractivity contribution in [2.75, 3.05) is 0 Å². The van der Waals surface area contributed by atoms with Crippen LogP contribution in [0.5, 0.6) is 0 Å². The number of aromatic nitrogens is 3. The summed E-state index contributed by atoms with van der Waals surface area (Å²) in [5.41, 5.74) is 4.19. The molecular weight excluding hydrogens is 290 g/mol. The Balaban J connectivity index is 2.19. The molecule has 0 saturated heterocycles. The third-order valence-electron chi connectivity index (χ3n) is 2.90. The average molecular weight is 302 g/mol. The van der Waals surface area contributed by atoms with Crippen LogP contribution in [0.25, 0.3) is 17.0 Å². The lowest BCUT2D eigenvalue weighted by Gasteiger charge is -1.98. The number of hydrogen-bond donors (Lipinski definition) is 0. The molecule has 18 heavy (non-hydrogen) atoms. The lowest BCUT2D eigenvalue weighted by atomic mass is 10.2. The first-order chi connectivity index (χ1) is 8.63. The summed E-state index contributed by atoms with van der Waals surface area (Å²) < 4.78 is 3.09. The minimum absolute atomic E-state index is 0.755. The van der Waals surface area contributed by atoms with Gasteiger partial charge in [-0.2, -0.15) is 0 Å². The van der Waals surface area contributed by atoms with Crippen molar-refractivity contribution in [3.05, 3.63) is 52.4 Å². The molecule has 0 saturated carbocycles. The lowest BCUT2D eigenvalue weighted by Crippen LogP contribution is -1.94. The Morgan fingerprint density at radius 1 is 1.06 bits per heavy atom. The number of fused-ring (bicyclic) bond motifs is 1. The van der Waals surface area contributed by atoms with Crippen molar-refractivity contribution in [1.82, 2.24) is 14.4 Å². The molecule has 2 aromatic heterocycles. The predicted molar refractivity (Wildman–Crippen MR) is 75.6 cm³/mol. The Bertz CT molecular complexity index is 714. The maximum atomic E-state index is 4.57. The van der Waals surface area contributed by atoms with Crippen molar-refractivity contribution in [3.8, 4) is 11.3 Å². The van der Waals surface area contributed by atoms with E-state index >= 15 is 0 Å². The highest BCUT2D eigenvalue weighted by Gasteiger charge is 2.07. The molecule has 0 spiro atoms. The summed E-state index contributed by atoms with van der Waals surface area (Å²) in [7, 11) is 0. The Morgan fingerprint density at radius 2 is 1.78 bits per heavy atom. The maximum absolute atomic E-state index is 4.57. The van der Waals surface area contributed by atoms with Gasteiger partial charge < -0.3 is 0 Å². The highest BCUT2D eigenvalue weighted by atomic mass is 79.9. The molecule has 0 atom stereocenters. The van der Waals surface area contributed by atoms with Gasteiger partial charge in [0.15, 0.2) is 0 Å². The third kappa shape index (κ3) is 1.93. The van der Waals surface area contributed by atoms with Crippen LogP contribution >= 0.6 is 15.9 Å². The van der Waals surface area contributed by atoms with E-state index in [1.54, 1.807) is 0 Å². The fourth-order valence-electron chi connectivity index (χ4n) is 2.03. The van der Waals surface area contributed by atoms with E-state index in [2.05, 4.69) is 38.9 Å². The first kappa shape index (κ1) is 11.4. The lowest BCUT2D eigenvalue weighted by molar-refractivity contribution is 1.01. The van der Waals surface area contributed by atoms with Crippen molar-refractivity contribution in [2.24, 2.45) is 0 Å². The number of benzene rings is 1. The number of hydrogen-bond acceptors (Lipinski definition) is 2. The van der Waals surface area contributed by atoms with Crippen LogP contribution in [0.2, 0.25) is 0 Å². The van der Waals surface area contributed by atoms with E-state index in [9.17, 15) is 0 Å². The molecule has 3 aromatic rings. The summed E-state index contributed by atoms with van der Waals surface area (Å²) >= 11 is 3.44. The molecule has 0 aliphatic rings. The largest absolute Gasteiger partial charge is 0.288 e. The molecule has 4 heteroatoms. The van der Waals surface area contributed by atoms with E-state index in [0.717, 1.165) is 32.9 Å². The Hall–Kier alpha value is -1.68. The summed E-state index contributed by atoms with van der Waals surface area (Å²) in [4.78, 5) is 9.01. The molecule has 0 N–H and O–H groups in total. The minimum Gasteiger partial charge on any atom is -0.288 e. The van der Waals surface area contributed by atoms with Gasteiger partial charge in [-0.25, -0.2) is 9.97 Å². The SMILES string of the molecule is Cc1cc(C)n2cc(-c3ccc(Br)cc3)nc2n1. The maximum Gasteiger partial charge on any atom is 0.234 e. The summed E-state index contributed by atoms with van der Waals surface area (Å²) in [6.07, 6.45) is 2.03. The van der Waals surface area contributed by atoms with Crippen molar-refractivity contribution >= 4 is 21.7 Å². The summed E-state index contributed by atoms with van der Waals surface area (Å²) in [6, 6.07) is 10.2. The summed E-state index contributed by atoms with van der Waals surface area (Å²) in [5.74, 6) is 0.755. The van der Waals surface area contributed by atoms with Gasteiger partial charge in [0.25, 0.3) is 0 Å². The normalized spacial score (nSPS) is 11.1. The van der Waals surface area contributed by atoms with Crippen LogP contribution in [-0.4, -0.2) is 14.4 Å². The van der Waals surface area contributed by atoms with E-state index in [0.29, 0.717) is 0 Å². The van der Waals surface area contributed by atoms with Crippen LogP contribution in [0.1, 0.15) is 11.4 Å². The fourth-order valence-corrected chi connectivity index (χ4v) is 2.29. The molecule has 1 aromatic carbocycles. The zero-order valence-corrected chi connectivity index (χ0v) is 11.8. The van der Waals surface area contributed by atoms with Crippen LogP contribution in [0, 0.1) is 13.8 Å². The summed E-state index contributed by atoms with van der Waals surface area (Å²) in [6.45, 7) is 4.05. The molecule has 0 radical (unpaired) electrons. The Kier molecular flexibility index (Phi) is 2.67. The minimum atomic E-state index is 0.755. The second-order valence-electron chi connectivity index (χ2n) is 4.34. The predicted octanol–water partition coefficient (Wildman–Crippen LogP) is 3.78. The molecule has 0 bridgehead atoms. The van der Waals surface area contributed by atoms with Crippen molar-refractivity contribution in [3.63, 3.8) is 0 Å². The van der Waals surface area contributed by atoms with E-state index in [-0.39, 0.29) is 0 Å². The second-order valence-corrected chi connectivity index (χ2v) is 5.26. The van der Waals surface area contributed by atoms with Crippen LogP contribution in [0.4, 0.5) is 0 Å². The first-order valence-corrected chi connectivity index (χ1v) is 6.52. The highest BCUT2D eigenvalue weighted by molar-refractivity contribution is 9.10. The van der Waals surface area contributed by atoms with Gasteiger partial charge in [0.1, 0.15) is 0 Å². The van der Waals surface area contributed by atoms with E-state index in [4.69, 9.17) is 0 Å². The fraction of sp³-hybridized carbons (Fsp3) is 0.143. The zero-order valence-electron chi connectivity index (χ0n) is 10.2. The second kappa shape index (κ2) is 4.21. The van der Waals surface area contributed by atoms with Gasteiger partial charge >= 0.3 is 0 Å². The standard InChI is InChI=1S/C14H12BrN3/c1-9-7-10(2)18-8-13(17-14(18)16-9)11-3-5-12(15)6-4-11/h3-8H,1-2H3. The monoisotopic (exact) mass is 301 g/mol. The number of aryl methyl sites for hydroxylation is 2. The highest BCUT2D eigenvalue weighted by Crippen LogP contribution is 2.21. The molecular formula is C14H12BrN3. The quantitative estimate of drug-likeness (QED) is 0.685. The number of rotatable bonds is 1. The van der Waals surface area contributed by atoms with E-state index in [1.807, 2.05) is 41.8 Å². The van der Waals surface area contributed by atoms with Gasteiger partial charge in [-0.1, -0.05) is 28.1 Å². The molecule has 0 amide bonds. The van der Waals surface area contributed by atoms with Gasteiger partial charge in [0, 0.05) is 27.6 Å². The zero-order chi connectivity index (χ0) is 12.7. The van der Waals surface area contributed by atoms with Gasteiger partial charge in [0.2, 0.25) is 5.78 Å². The van der Waals surface area contributed by atoms with Gasteiger partial charge in [-0.3, -0.25) is 4.40 Å². The van der Waals surface area contributed by atoms with Crippen LogP contribution in [-0.2, 0) is 0 Å². The van der Waals surface area contributed by atoms with Gasteiger partial charge in [0.05, 0.1) is 5.69 Å². The van der Waals surface area contributed by atoms with E-state index < -0.39 is 0 Å². The summed E-state index contributed by atoms with van der Waals surface area (Å²) in [5, 5.41) is 0. The molecule has 3 rings (SSSR count). The Morgan fingerprint density at radius 3 is 2.50 bits per heavy atom. The van der Waals surface area contributed by atoms with Crippen molar-refractivity contribution < 1.29 is 0 Å². The van der Waals surface area contributed by atoms with Crippen LogP contribution in [0.15, 0.2) is 41.0 Å². The molecule has 0 aliphatic heterocycles. The molecule has 2 heterocycles. The smallest absolute Gasteiger partial charge is 0.234 e. The number of halogens is 1. The molecule has 3 nitrogen and oxygen atoms in total. The third-order valence-corrected chi connectivity index (χ3v) is 3.43. The van der Waals surface area contributed by atoms with E-state index in [1.165, 1.54) is 0 Å². The molecule has 90 valence electrons. The topological polar surface area (TPSA) is 30.2 Å². The van der Waals surface area contributed by atoms with Crippen LogP contribution in [0.3, 0.4) is 0 Å². The molecule has 0 unspecified atom stereocenters. The molecule has 0 fully saturated rings. The number of nitrogens with zero attached hydrogens (tertiary/aromatic N) is 3.